The maximum Gasteiger partial charge on any atom is 0.0512 e. The summed E-state index contributed by atoms with van der Waals surface area (Å²) in [5.74, 6) is 0.789. The molecule has 0 atom stereocenters. The number of halogens is 1. The molecule has 3 heteroatoms. The molecule has 1 fully saturated rings. The Kier molecular flexibility index (Phi) is 2.91. The van der Waals surface area contributed by atoms with Crippen LogP contribution in [0.5, 0.6) is 0 Å². The zero-order valence-electron chi connectivity index (χ0n) is 10.1. The molecule has 0 aromatic heterocycles. The van der Waals surface area contributed by atoms with E-state index in [4.69, 9.17) is 5.73 Å². The van der Waals surface area contributed by atoms with Gasteiger partial charge in [-0.2, -0.15) is 0 Å². The van der Waals surface area contributed by atoms with Gasteiger partial charge in [-0.3, -0.25) is 0 Å². The van der Waals surface area contributed by atoms with E-state index in [1.165, 1.54) is 5.69 Å². The average molecular weight is 283 g/mol. The molecule has 0 spiro atoms. The van der Waals surface area contributed by atoms with Crippen LogP contribution in [-0.2, 0) is 0 Å². The van der Waals surface area contributed by atoms with Crippen molar-refractivity contribution >= 4 is 27.3 Å². The first kappa shape index (κ1) is 11.8. The summed E-state index contributed by atoms with van der Waals surface area (Å²) in [6, 6.07) is 6.03. The third-order valence-electron chi connectivity index (χ3n) is 3.42. The molecule has 1 heterocycles. The third kappa shape index (κ3) is 2.19. The highest BCUT2D eigenvalue weighted by Gasteiger charge is 2.36. The van der Waals surface area contributed by atoms with Crippen LogP contribution in [0.4, 0.5) is 11.4 Å². The molecule has 88 valence electrons. The number of rotatable bonds is 1. The summed E-state index contributed by atoms with van der Waals surface area (Å²) in [4.78, 5) is 2.40. The molecular formula is C13H19BrN2. The van der Waals surface area contributed by atoms with Gasteiger partial charge in [0.1, 0.15) is 0 Å². The highest BCUT2D eigenvalue weighted by molar-refractivity contribution is 9.10. The fraction of sp³-hybridized carbons (Fsp3) is 0.538. The van der Waals surface area contributed by atoms with Gasteiger partial charge in [0.05, 0.1) is 5.69 Å². The van der Waals surface area contributed by atoms with Crippen molar-refractivity contribution in [1.29, 1.82) is 0 Å². The van der Waals surface area contributed by atoms with Gasteiger partial charge in [0.2, 0.25) is 0 Å². The van der Waals surface area contributed by atoms with Gasteiger partial charge in [-0.1, -0.05) is 20.8 Å². The van der Waals surface area contributed by atoms with Crippen LogP contribution < -0.4 is 10.6 Å². The largest absolute Gasteiger partial charge is 0.399 e. The molecule has 16 heavy (non-hydrogen) atoms. The monoisotopic (exact) mass is 282 g/mol. The molecule has 1 aliphatic heterocycles. The summed E-state index contributed by atoms with van der Waals surface area (Å²) < 4.78 is 1.10. The quantitative estimate of drug-likeness (QED) is 0.799. The lowest BCUT2D eigenvalue weighted by Crippen LogP contribution is -2.52. The first-order chi connectivity index (χ1) is 7.38. The van der Waals surface area contributed by atoms with Crippen molar-refractivity contribution in [1.82, 2.24) is 0 Å². The standard InChI is InChI=1S/C13H19BrN2/c1-13(2,3)9-7-16(8-9)12-5-4-10(15)6-11(12)14/h4-6,9H,7-8,15H2,1-3H3. The summed E-state index contributed by atoms with van der Waals surface area (Å²) in [7, 11) is 0. The molecule has 2 nitrogen and oxygen atoms in total. The van der Waals surface area contributed by atoms with Crippen LogP contribution in [0.3, 0.4) is 0 Å². The van der Waals surface area contributed by atoms with Crippen LogP contribution in [0.25, 0.3) is 0 Å². The van der Waals surface area contributed by atoms with Crippen LogP contribution >= 0.6 is 15.9 Å². The first-order valence-corrected chi connectivity index (χ1v) is 6.47. The lowest BCUT2D eigenvalue weighted by Gasteiger charge is -2.48. The summed E-state index contributed by atoms with van der Waals surface area (Å²) in [6.45, 7) is 9.23. The van der Waals surface area contributed by atoms with Crippen molar-refractivity contribution in [2.24, 2.45) is 11.3 Å². The number of nitrogens with two attached hydrogens (primary N) is 1. The fourth-order valence-electron chi connectivity index (χ4n) is 2.00. The Hall–Kier alpha value is -0.700. The Labute approximate surface area is 106 Å². The van der Waals surface area contributed by atoms with E-state index in [9.17, 15) is 0 Å². The number of benzene rings is 1. The van der Waals surface area contributed by atoms with E-state index in [-0.39, 0.29) is 0 Å². The van der Waals surface area contributed by atoms with Crippen LogP contribution in [0.15, 0.2) is 22.7 Å². The van der Waals surface area contributed by atoms with Crippen LogP contribution in [0.2, 0.25) is 0 Å². The van der Waals surface area contributed by atoms with Crippen LogP contribution in [-0.4, -0.2) is 13.1 Å². The Bertz CT molecular complexity index is 389. The van der Waals surface area contributed by atoms with Gasteiger partial charge in [0.25, 0.3) is 0 Å². The molecule has 0 amide bonds. The number of nitrogen functional groups attached to an aromatic ring is 1. The Morgan fingerprint density at radius 3 is 2.44 bits per heavy atom. The lowest BCUT2D eigenvalue weighted by atomic mass is 9.76. The molecule has 0 aliphatic carbocycles. The minimum absolute atomic E-state index is 0.413. The summed E-state index contributed by atoms with van der Waals surface area (Å²) in [6.07, 6.45) is 0. The van der Waals surface area contributed by atoms with Crippen molar-refractivity contribution in [3.05, 3.63) is 22.7 Å². The Morgan fingerprint density at radius 1 is 1.31 bits per heavy atom. The zero-order chi connectivity index (χ0) is 11.9. The third-order valence-corrected chi connectivity index (χ3v) is 4.05. The summed E-state index contributed by atoms with van der Waals surface area (Å²) in [5, 5.41) is 0. The SMILES string of the molecule is CC(C)(C)C1CN(c2ccc(N)cc2Br)C1. The topological polar surface area (TPSA) is 29.3 Å². The molecule has 0 radical (unpaired) electrons. The molecular weight excluding hydrogens is 264 g/mol. The predicted molar refractivity (Wildman–Crippen MR) is 73.7 cm³/mol. The molecule has 1 aromatic rings. The molecule has 0 bridgehead atoms. The van der Waals surface area contributed by atoms with Gasteiger partial charge < -0.3 is 10.6 Å². The van der Waals surface area contributed by atoms with Crippen molar-refractivity contribution in [3.8, 4) is 0 Å². The Morgan fingerprint density at radius 2 is 1.94 bits per heavy atom. The van der Waals surface area contributed by atoms with Gasteiger partial charge >= 0.3 is 0 Å². The van der Waals surface area contributed by atoms with E-state index in [0.29, 0.717) is 5.41 Å². The highest BCUT2D eigenvalue weighted by Crippen LogP contribution is 2.39. The second kappa shape index (κ2) is 3.95. The summed E-state index contributed by atoms with van der Waals surface area (Å²) in [5.41, 5.74) is 8.22. The van der Waals surface area contributed by atoms with E-state index in [1.807, 2.05) is 12.1 Å². The van der Waals surface area contributed by atoms with Gasteiger partial charge in [-0.15, -0.1) is 0 Å². The van der Waals surface area contributed by atoms with Crippen LogP contribution in [0, 0.1) is 11.3 Å². The number of hydrogen-bond acceptors (Lipinski definition) is 2. The van der Waals surface area contributed by atoms with Gasteiger partial charge in [0.15, 0.2) is 0 Å². The molecule has 1 aromatic carbocycles. The van der Waals surface area contributed by atoms with E-state index < -0.39 is 0 Å². The number of nitrogens with zero attached hydrogens (tertiary/aromatic N) is 1. The van der Waals surface area contributed by atoms with Gasteiger partial charge in [-0.25, -0.2) is 0 Å². The maximum absolute atomic E-state index is 5.74. The molecule has 0 unspecified atom stereocenters. The normalized spacial score (nSPS) is 17.4. The smallest absolute Gasteiger partial charge is 0.0512 e. The van der Waals surface area contributed by atoms with Gasteiger partial charge in [-0.05, 0) is 45.5 Å². The molecule has 1 saturated heterocycles. The molecule has 1 aliphatic rings. The predicted octanol–water partition coefficient (Wildman–Crippen LogP) is 3.51. The van der Waals surface area contributed by atoms with E-state index in [0.717, 1.165) is 29.2 Å². The van der Waals surface area contributed by atoms with Crippen LogP contribution in [0.1, 0.15) is 20.8 Å². The number of anilines is 2. The zero-order valence-corrected chi connectivity index (χ0v) is 11.7. The first-order valence-electron chi connectivity index (χ1n) is 5.68. The average Bonchev–Trinajstić information content (AvgIpc) is 2.03. The maximum atomic E-state index is 5.74. The van der Waals surface area contributed by atoms with E-state index in [2.05, 4.69) is 47.7 Å². The van der Waals surface area contributed by atoms with Crippen molar-refractivity contribution in [2.75, 3.05) is 23.7 Å². The van der Waals surface area contributed by atoms with Crippen molar-refractivity contribution in [2.45, 2.75) is 20.8 Å². The minimum Gasteiger partial charge on any atom is -0.399 e. The Balaban J connectivity index is 2.07. The molecule has 0 saturated carbocycles. The van der Waals surface area contributed by atoms with Crippen molar-refractivity contribution in [3.63, 3.8) is 0 Å². The number of hydrogen-bond donors (Lipinski definition) is 1. The van der Waals surface area contributed by atoms with E-state index in [1.54, 1.807) is 0 Å². The van der Waals surface area contributed by atoms with E-state index >= 15 is 0 Å². The second-order valence-electron chi connectivity index (χ2n) is 5.68. The lowest BCUT2D eigenvalue weighted by molar-refractivity contribution is 0.195. The molecule has 2 rings (SSSR count). The van der Waals surface area contributed by atoms with Gasteiger partial charge in [0, 0.05) is 23.2 Å². The minimum atomic E-state index is 0.413. The highest BCUT2D eigenvalue weighted by atomic mass is 79.9. The fourth-order valence-corrected chi connectivity index (χ4v) is 2.65. The second-order valence-corrected chi connectivity index (χ2v) is 6.53. The summed E-state index contributed by atoms with van der Waals surface area (Å²) >= 11 is 3.57. The molecule has 2 N–H and O–H groups in total. The van der Waals surface area contributed by atoms with Crippen molar-refractivity contribution < 1.29 is 0 Å².